The van der Waals surface area contributed by atoms with Crippen LogP contribution in [0.2, 0.25) is 0 Å². The van der Waals surface area contributed by atoms with E-state index in [9.17, 15) is 14.9 Å². The quantitative estimate of drug-likeness (QED) is 0.639. The second kappa shape index (κ2) is 5.28. The number of aromatic nitrogens is 2. The number of aromatic amines is 1. The van der Waals surface area contributed by atoms with E-state index in [1.54, 1.807) is 11.4 Å². The fourth-order valence-electron chi connectivity index (χ4n) is 1.44. The normalized spacial score (nSPS) is 9.84. The molecule has 0 aromatic carbocycles. The summed E-state index contributed by atoms with van der Waals surface area (Å²) in [7, 11) is 0. The van der Waals surface area contributed by atoms with Crippen LogP contribution in [-0.4, -0.2) is 14.9 Å². The van der Waals surface area contributed by atoms with Crippen LogP contribution in [0.1, 0.15) is 11.3 Å². The molecule has 0 aliphatic carbocycles. The molecule has 2 heterocycles. The third-order valence-corrected chi connectivity index (χ3v) is 2.96. The number of pyridine rings is 1. The van der Waals surface area contributed by atoms with Crippen LogP contribution in [0.4, 0.5) is 11.5 Å². The van der Waals surface area contributed by atoms with Crippen molar-refractivity contribution in [1.29, 1.82) is 5.26 Å². The van der Waals surface area contributed by atoms with Gasteiger partial charge in [0.25, 0.3) is 0 Å². The van der Waals surface area contributed by atoms with Crippen LogP contribution in [0.3, 0.4) is 0 Å². The summed E-state index contributed by atoms with van der Waals surface area (Å²) in [5.41, 5.74) is 0.150. The fourth-order valence-corrected chi connectivity index (χ4v) is 2.02. The molecule has 0 saturated carbocycles. The van der Waals surface area contributed by atoms with Crippen LogP contribution in [0.5, 0.6) is 0 Å². The van der Waals surface area contributed by atoms with Gasteiger partial charge in [-0.2, -0.15) is 5.26 Å². The lowest BCUT2D eigenvalue weighted by atomic mass is 10.2. The number of hydrogen-bond donors (Lipinski definition) is 2. The second-order valence-electron chi connectivity index (χ2n) is 3.45. The number of anilines is 1. The minimum atomic E-state index is -0.662. The molecule has 19 heavy (non-hydrogen) atoms. The number of nitriles is 1. The number of nitro groups is 1. The van der Waals surface area contributed by atoms with Crippen LogP contribution in [-0.2, 0) is 6.54 Å². The molecular formula is C10H7N5O3S. The first-order chi connectivity index (χ1) is 9.11. The summed E-state index contributed by atoms with van der Waals surface area (Å²) in [5, 5.41) is 24.1. The molecule has 0 atom stereocenters. The highest BCUT2D eigenvalue weighted by molar-refractivity contribution is 7.07. The lowest BCUT2D eigenvalue weighted by molar-refractivity contribution is -0.384. The van der Waals surface area contributed by atoms with Crippen LogP contribution in [0.15, 0.2) is 22.4 Å². The Balaban J connectivity index is 2.27. The summed E-state index contributed by atoms with van der Waals surface area (Å²) in [4.78, 5) is 27.4. The van der Waals surface area contributed by atoms with Gasteiger partial charge >= 0.3 is 10.6 Å². The number of nitrogens with one attached hydrogen (secondary N) is 2. The van der Waals surface area contributed by atoms with Crippen LogP contribution >= 0.6 is 11.3 Å². The minimum absolute atomic E-state index is 0.00361. The van der Waals surface area contributed by atoms with E-state index in [0.29, 0.717) is 5.69 Å². The van der Waals surface area contributed by atoms with Crippen LogP contribution < -0.4 is 10.2 Å². The molecule has 0 fully saturated rings. The Hall–Kier alpha value is -2.73. The van der Waals surface area contributed by atoms with Crippen molar-refractivity contribution in [3.8, 4) is 6.07 Å². The zero-order chi connectivity index (χ0) is 13.8. The SMILES string of the molecule is N#Cc1ccnc(NCc2csc(=O)[nH]2)c1[N+](=O)[O-]. The number of H-pyrrole nitrogens is 1. The van der Waals surface area contributed by atoms with Gasteiger partial charge in [0.15, 0.2) is 0 Å². The average Bonchev–Trinajstić information content (AvgIpc) is 2.81. The fraction of sp³-hybridized carbons (Fsp3) is 0.100. The highest BCUT2D eigenvalue weighted by Gasteiger charge is 2.20. The summed E-state index contributed by atoms with van der Waals surface area (Å²) >= 11 is 1.000. The van der Waals surface area contributed by atoms with Gasteiger partial charge in [0, 0.05) is 17.3 Å². The number of thiazole rings is 1. The smallest absolute Gasteiger partial charge is 0.328 e. The lowest BCUT2D eigenvalue weighted by Gasteiger charge is -2.05. The van der Waals surface area contributed by atoms with Gasteiger partial charge in [-0.25, -0.2) is 4.98 Å². The zero-order valence-electron chi connectivity index (χ0n) is 9.41. The topological polar surface area (TPSA) is 125 Å². The van der Waals surface area contributed by atoms with E-state index < -0.39 is 4.92 Å². The van der Waals surface area contributed by atoms with E-state index in [1.165, 1.54) is 12.3 Å². The standard InChI is InChI=1S/C10H7N5O3S/c11-3-6-1-2-12-9(8(6)15(17)18)13-4-7-5-19-10(16)14-7/h1-2,5H,4H2,(H,12,13)(H,14,16). The van der Waals surface area contributed by atoms with Gasteiger partial charge in [0.1, 0.15) is 11.6 Å². The maximum Gasteiger partial charge on any atom is 0.328 e. The molecule has 0 unspecified atom stereocenters. The van der Waals surface area contributed by atoms with Gasteiger partial charge in [-0.1, -0.05) is 11.3 Å². The molecule has 2 aromatic rings. The second-order valence-corrected chi connectivity index (χ2v) is 4.29. The molecule has 0 radical (unpaired) electrons. The van der Waals surface area contributed by atoms with E-state index in [-0.39, 0.29) is 28.5 Å². The largest absolute Gasteiger partial charge is 0.359 e. The van der Waals surface area contributed by atoms with Crippen molar-refractivity contribution in [3.63, 3.8) is 0 Å². The molecular weight excluding hydrogens is 270 g/mol. The Morgan fingerprint density at radius 3 is 3.00 bits per heavy atom. The Morgan fingerprint density at radius 1 is 1.63 bits per heavy atom. The highest BCUT2D eigenvalue weighted by atomic mass is 32.1. The van der Waals surface area contributed by atoms with Crippen molar-refractivity contribution in [2.75, 3.05) is 5.32 Å². The van der Waals surface area contributed by atoms with Crippen LogP contribution in [0.25, 0.3) is 0 Å². The zero-order valence-corrected chi connectivity index (χ0v) is 10.2. The molecule has 2 rings (SSSR count). The van der Waals surface area contributed by atoms with Gasteiger partial charge in [-0.3, -0.25) is 14.9 Å². The molecule has 0 bridgehead atoms. The Labute approximate surface area is 110 Å². The molecule has 2 N–H and O–H groups in total. The predicted octanol–water partition coefficient (Wildman–Crippen LogP) is 1.22. The number of hydrogen-bond acceptors (Lipinski definition) is 7. The lowest BCUT2D eigenvalue weighted by Crippen LogP contribution is -2.07. The third kappa shape index (κ3) is 2.75. The molecule has 0 aliphatic rings. The first-order valence-corrected chi connectivity index (χ1v) is 5.94. The van der Waals surface area contributed by atoms with Gasteiger partial charge in [-0.15, -0.1) is 0 Å². The van der Waals surface area contributed by atoms with Crippen molar-refractivity contribution in [3.05, 3.63) is 48.7 Å². The minimum Gasteiger partial charge on any atom is -0.359 e. The average molecular weight is 277 g/mol. The monoisotopic (exact) mass is 277 g/mol. The maximum absolute atomic E-state index is 10.9. The van der Waals surface area contributed by atoms with Crippen molar-refractivity contribution in [1.82, 2.24) is 9.97 Å². The molecule has 8 nitrogen and oxygen atoms in total. The summed E-state index contributed by atoms with van der Waals surface area (Å²) in [5.74, 6) is -0.00361. The predicted molar refractivity (Wildman–Crippen MR) is 67.9 cm³/mol. The third-order valence-electron chi connectivity index (χ3n) is 2.24. The summed E-state index contributed by atoms with van der Waals surface area (Å²) in [6, 6.07) is 3.02. The van der Waals surface area contributed by atoms with E-state index in [4.69, 9.17) is 5.26 Å². The van der Waals surface area contributed by atoms with E-state index in [0.717, 1.165) is 11.3 Å². The van der Waals surface area contributed by atoms with Crippen molar-refractivity contribution < 1.29 is 4.92 Å². The first-order valence-electron chi connectivity index (χ1n) is 5.06. The Bertz CT molecular complexity index is 714. The first kappa shape index (κ1) is 12.7. The van der Waals surface area contributed by atoms with Crippen molar-refractivity contribution in [2.24, 2.45) is 0 Å². The maximum atomic E-state index is 10.9. The molecule has 9 heteroatoms. The number of rotatable bonds is 4. The molecule has 0 amide bonds. The van der Waals surface area contributed by atoms with Gasteiger partial charge in [0.05, 0.1) is 11.5 Å². The summed E-state index contributed by atoms with van der Waals surface area (Å²) in [6.07, 6.45) is 1.31. The van der Waals surface area contributed by atoms with E-state index >= 15 is 0 Å². The summed E-state index contributed by atoms with van der Waals surface area (Å²) in [6.45, 7) is 0.182. The highest BCUT2D eigenvalue weighted by Crippen LogP contribution is 2.25. The van der Waals surface area contributed by atoms with E-state index in [1.807, 2.05) is 0 Å². The Morgan fingerprint density at radius 2 is 2.42 bits per heavy atom. The van der Waals surface area contributed by atoms with Gasteiger partial charge in [0.2, 0.25) is 5.82 Å². The molecule has 0 saturated heterocycles. The molecule has 0 aliphatic heterocycles. The van der Waals surface area contributed by atoms with Crippen molar-refractivity contribution >= 4 is 22.8 Å². The molecule has 0 spiro atoms. The number of nitrogens with zero attached hydrogens (tertiary/aromatic N) is 3. The van der Waals surface area contributed by atoms with E-state index in [2.05, 4.69) is 15.3 Å². The Kier molecular flexibility index (Phi) is 3.53. The van der Waals surface area contributed by atoms with Crippen LogP contribution in [0, 0.1) is 21.4 Å². The molecule has 96 valence electrons. The van der Waals surface area contributed by atoms with Crippen molar-refractivity contribution in [2.45, 2.75) is 6.54 Å². The summed E-state index contributed by atoms with van der Waals surface area (Å²) < 4.78 is 0. The van der Waals surface area contributed by atoms with Gasteiger partial charge in [-0.05, 0) is 6.07 Å². The van der Waals surface area contributed by atoms with Gasteiger partial charge < -0.3 is 10.3 Å². The molecule has 2 aromatic heterocycles.